The summed E-state index contributed by atoms with van der Waals surface area (Å²) in [7, 11) is 0. The maximum absolute atomic E-state index is 11.8. The zero-order valence-electron chi connectivity index (χ0n) is 9.32. The van der Waals surface area contributed by atoms with Crippen LogP contribution in [-0.4, -0.2) is 35.1 Å². The van der Waals surface area contributed by atoms with E-state index in [2.05, 4.69) is 15.6 Å². The zero-order chi connectivity index (χ0) is 12.3. The molecule has 1 atom stereocenters. The normalized spacial score (nSPS) is 19.9. The molecule has 0 radical (unpaired) electrons. The molecular formula is C11H15N3O3. The Hall–Kier alpha value is -1.82. The van der Waals surface area contributed by atoms with Crippen LogP contribution in [0.15, 0.2) is 16.9 Å². The highest BCUT2D eigenvalue weighted by atomic mass is 16.3. The number of aromatic nitrogens is 1. The van der Waals surface area contributed by atoms with Gasteiger partial charge in [-0.3, -0.25) is 14.6 Å². The van der Waals surface area contributed by atoms with Gasteiger partial charge < -0.3 is 15.7 Å². The minimum atomic E-state index is -0.489. The molecule has 1 aliphatic heterocycles. The van der Waals surface area contributed by atoms with Crippen LogP contribution in [0.5, 0.6) is 5.88 Å². The Morgan fingerprint density at radius 1 is 1.47 bits per heavy atom. The number of amides is 1. The second-order valence-corrected chi connectivity index (χ2v) is 4.14. The van der Waals surface area contributed by atoms with Crippen LogP contribution in [0.4, 0.5) is 0 Å². The van der Waals surface area contributed by atoms with Gasteiger partial charge in [-0.25, -0.2) is 0 Å². The van der Waals surface area contributed by atoms with Gasteiger partial charge in [0, 0.05) is 24.7 Å². The molecule has 6 nitrogen and oxygen atoms in total. The van der Waals surface area contributed by atoms with Crippen molar-refractivity contribution in [2.75, 3.05) is 13.1 Å². The average molecular weight is 237 g/mol. The quantitative estimate of drug-likeness (QED) is 0.561. The molecule has 0 saturated carbocycles. The van der Waals surface area contributed by atoms with Gasteiger partial charge in [0.05, 0.1) is 5.56 Å². The fourth-order valence-corrected chi connectivity index (χ4v) is 1.90. The first-order valence-electron chi connectivity index (χ1n) is 5.60. The van der Waals surface area contributed by atoms with E-state index in [4.69, 9.17) is 0 Å². The van der Waals surface area contributed by atoms with Crippen LogP contribution >= 0.6 is 0 Å². The molecular weight excluding hydrogens is 222 g/mol. The van der Waals surface area contributed by atoms with Gasteiger partial charge in [0.2, 0.25) is 0 Å². The summed E-state index contributed by atoms with van der Waals surface area (Å²) in [4.78, 5) is 25.1. The minimum Gasteiger partial charge on any atom is -0.494 e. The summed E-state index contributed by atoms with van der Waals surface area (Å²) < 4.78 is 0. The van der Waals surface area contributed by atoms with Gasteiger partial charge in [0.25, 0.3) is 11.5 Å². The summed E-state index contributed by atoms with van der Waals surface area (Å²) >= 11 is 0. The molecule has 6 heteroatoms. The third kappa shape index (κ3) is 3.07. The van der Waals surface area contributed by atoms with Gasteiger partial charge in [-0.2, -0.15) is 0 Å². The molecule has 0 bridgehead atoms. The highest BCUT2D eigenvalue weighted by Crippen LogP contribution is 2.06. The van der Waals surface area contributed by atoms with Crippen molar-refractivity contribution in [2.24, 2.45) is 0 Å². The van der Waals surface area contributed by atoms with E-state index in [1.165, 1.54) is 12.1 Å². The van der Waals surface area contributed by atoms with Gasteiger partial charge in [-0.1, -0.05) is 0 Å². The molecule has 2 heterocycles. The summed E-state index contributed by atoms with van der Waals surface area (Å²) in [6.07, 6.45) is 1.94. The van der Waals surface area contributed by atoms with Gasteiger partial charge in [-0.05, 0) is 19.4 Å². The number of H-pyrrole nitrogens is 1. The lowest BCUT2D eigenvalue weighted by Gasteiger charge is -2.23. The van der Waals surface area contributed by atoms with E-state index in [9.17, 15) is 14.7 Å². The number of piperidine rings is 1. The lowest BCUT2D eigenvalue weighted by Crippen LogP contribution is -2.45. The Balaban J connectivity index is 2.05. The van der Waals surface area contributed by atoms with Crippen molar-refractivity contribution in [2.45, 2.75) is 18.9 Å². The highest BCUT2D eigenvalue weighted by Gasteiger charge is 2.16. The van der Waals surface area contributed by atoms with E-state index in [-0.39, 0.29) is 23.4 Å². The Bertz CT molecular complexity index is 463. The van der Waals surface area contributed by atoms with E-state index in [0.29, 0.717) is 0 Å². The average Bonchev–Trinajstić information content (AvgIpc) is 2.29. The predicted octanol–water partition coefficient (Wildman–Crippen LogP) is -0.438. The van der Waals surface area contributed by atoms with Crippen molar-refractivity contribution in [3.8, 4) is 5.88 Å². The van der Waals surface area contributed by atoms with Gasteiger partial charge in [0.1, 0.15) is 0 Å². The number of hydrogen-bond donors (Lipinski definition) is 4. The molecule has 17 heavy (non-hydrogen) atoms. The largest absolute Gasteiger partial charge is 0.494 e. The summed E-state index contributed by atoms with van der Waals surface area (Å²) in [6.45, 7) is 1.71. The molecule has 0 aromatic carbocycles. The van der Waals surface area contributed by atoms with Crippen molar-refractivity contribution in [3.05, 3.63) is 28.0 Å². The molecule has 0 aliphatic carbocycles. The third-order valence-electron chi connectivity index (χ3n) is 2.72. The maximum atomic E-state index is 11.8. The van der Waals surface area contributed by atoms with Gasteiger partial charge >= 0.3 is 0 Å². The second kappa shape index (κ2) is 5.01. The van der Waals surface area contributed by atoms with Crippen molar-refractivity contribution < 1.29 is 9.90 Å². The van der Waals surface area contributed by atoms with Crippen LogP contribution in [0.25, 0.3) is 0 Å². The fraction of sp³-hybridized carbons (Fsp3) is 0.455. The van der Waals surface area contributed by atoms with Crippen LogP contribution in [0, 0.1) is 0 Å². The summed E-state index contributed by atoms with van der Waals surface area (Å²) in [5, 5.41) is 15.2. The van der Waals surface area contributed by atoms with Gasteiger partial charge in [0.15, 0.2) is 5.88 Å². The van der Waals surface area contributed by atoms with Crippen LogP contribution in [0.2, 0.25) is 0 Å². The van der Waals surface area contributed by atoms with E-state index in [1.807, 2.05) is 0 Å². The highest BCUT2D eigenvalue weighted by molar-refractivity contribution is 5.94. The number of nitrogens with one attached hydrogen (secondary N) is 3. The van der Waals surface area contributed by atoms with E-state index < -0.39 is 5.56 Å². The molecule has 1 aromatic heterocycles. The molecule has 1 aromatic rings. The molecule has 4 N–H and O–H groups in total. The third-order valence-corrected chi connectivity index (χ3v) is 2.72. The van der Waals surface area contributed by atoms with Crippen LogP contribution in [-0.2, 0) is 0 Å². The SMILES string of the molecule is O=C(NC1CCCNC1)c1cc(O)[nH]c(=O)c1. The molecule has 1 aliphatic rings. The number of carbonyl (C=O) groups excluding carboxylic acids is 1. The number of rotatable bonds is 2. The Morgan fingerprint density at radius 2 is 2.29 bits per heavy atom. The van der Waals surface area contributed by atoms with Crippen molar-refractivity contribution in [3.63, 3.8) is 0 Å². The minimum absolute atomic E-state index is 0.0812. The first-order chi connectivity index (χ1) is 8.15. The van der Waals surface area contributed by atoms with E-state index in [0.717, 1.165) is 25.9 Å². The lowest BCUT2D eigenvalue weighted by atomic mass is 10.1. The Morgan fingerprint density at radius 3 is 2.94 bits per heavy atom. The molecule has 1 amide bonds. The van der Waals surface area contributed by atoms with Crippen molar-refractivity contribution in [1.29, 1.82) is 0 Å². The number of hydrogen-bond acceptors (Lipinski definition) is 4. The smallest absolute Gasteiger partial charge is 0.251 e. The number of pyridine rings is 1. The van der Waals surface area contributed by atoms with Crippen LogP contribution < -0.4 is 16.2 Å². The summed E-state index contributed by atoms with van der Waals surface area (Å²) in [5.74, 6) is -0.635. The number of carbonyl (C=O) groups is 1. The number of aromatic hydroxyl groups is 1. The van der Waals surface area contributed by atoms with Crippen molar-refractivity contribution in [1.82, 2.24) is 15.6 Å². The first kappa shape index (κ1) is 11.7. The molecule has 1 saturated heterocycles. The molecule has 0 spiro atoms. The second-order valence-electron chi connectivity index (χ2n) is 4.14. The van der Waals surface area contributed by atoms with Crippen LogP contribution in [0.3, 0.4) is 0 Å². The standard InChI is InChI=1S/C11H15N3O3/c15-9-4-7(5-10(16)14-9)11(17)13-8-2-1-3-12-6-8/h4-5,8,12H,1-3,6H2,(H,13,17)(H2,14,15,16). The van der Waals surface area contributed by atoms with Gasteiger partial charge in [-0.15, -0.1) is 0 Å². The first-order valence-corrected chi connectivity index (χ1v) is 5.60. The summed E-state index contributed by atoms with van der Waals surface area (Å²) in [6, 6.07) is 2.50. The predicted molar refractivity (Wildman–Crippen MR) is 62.1 cm³/mol. The lowest BCUT2D eigenvalue weighted by molar-refractivity contribution is 0.0930. The molecule has 2 rings (SSSR count). The molecule has 1 fully saturated rings. The Kier molecular flexibility index (Phi) is 3.43. The van der Waals surface area contributed by atoms with E-state index in [1.54, 1.807) is 0 Å². The molecule has 92 valence electrons. The zero-order valence-corrected chi connectivity index (χ0v) is 9.32. The Labute approximate surface area is 98.1 Å². The number of aromatic amines is 1. The fourth-order valence-electron chi connectivity index (χ4n) is 1.90. The summed E-state index contributed by atoms with van der Waals surface area (Å²) in [5.41, 5.74) is -0.311. The van der Waals surface area contributed by atoms with Crippen molar-refractivity contribution >= 4 is 5.91 Å². The topological polar surface area (TPSA) is 94.2 Å². The monoisotopic (exact) mass is 237 g/mol. The van der Waals surface area contributed by atoms with Crippen LogP contribution in [0.1, 0.15) is 23.2 Å². The maximum Gasteiger partial charge on any atom is 0.251 e. The molecule has 1 unspecified atom stereocenters. The van der Waals surface area contributed by atoms with E-state index >= 15 is 0 Å².